The summed E-state index contributed by atoms with van der Waals surface area (Å²) >= 11 is 3.23. The molecule has 2 aromatic rings. The van der Waals surface area contributed by atoms with Gasteiger partial charge in [0.05, 0.1) is 10.5 Å². The smallest absolute Gasteiger partial charge is 0.256 e. The molecule has 0 bridgehead atoms. The number of benzene rings is 2. The first-order chi connectivity index (χ1) is 9.38. The van der Waals surface area contributed by atoms with Crippen molar-refractivity contribution in [1.29, 1.82) is 0 Å². The standard InChI is InChI=1S/C14H12BrNO3S/c1-20(18,19)11-7-8-12(13(15)9-11)14(17)16-10-5-3-2-4-6-10/h2-9H,1H3,(H,16,17). The second-order valence-electron chi connectivity index (χ2n) is 4.23. The molecule has 1 N–H and O–H groups in total. The van der Waals surface area contributed by atoms with Crippen molar-refractivity contribution in [1.82, 2.24) is 0 Å². The van der Waals surface area contributed by atoms with Gasteiger partial charge in [0.1, 0.15) is 0 Å². The number of nitrogens with one attached hydrogen (secondary N) is 1. The molecule has 0 aromatic heterocycles. The molecule has 0 fully saturated rings. The van der Waals surface area contributed by atoms with Crippen LogP contribution in [0.3, 0.4) is 0 Å². The molecule has 0 saturated carbocycles. The van der Waals surface area contributed by atoms with Gasteiger partial charge in [-0.25, -0.2) is 8.42 Å². The fourth-order valence-corrected chi connectivity index (χ4v) is 2.99. The Labute approximate surface area is 125 Å². The molecule has 20 heavy (non-hydrogen) atoms. The summed E-state index contributed by atoms with van der Waals surface area (Å²) < 4.78 is 23.3. The second-order valence-corrected chi connectivity index (χ2v) is 7.10. The van der Waals surface area contributed by atoms with Crippen molar-refractivity contribution >= 4 is 37.4 Å². The number of rotatable bonds is 3. The average molecular weight is 354 g/mol. The number of hydrogen-bond donors (Lipinski definition) is 1. The molecule has 0 unspecified atom stereocenters. The second kappa shape index (κ2) is 5.76. The zero-order valence-electron chi connectivity index (χ0n) is 10.6. The van der Waals surface area contributed by atoms with Gasteiger partial charge in [-0.3, -0.25) is 4.79 Å². The summed E-state index contributed by atoms with van der Waals surface area (Å²) in [4.78, 5) is 12.3. The summed E-state index contributed by atoms with van der Waals surface area (Å²) in [5.41, 5.74) is 1.05. The van der Waals surface area contributed by atoms with E-state index in [2.05, 4.69) is 21.2 Å². The summed E-state index contributed by atoms with van der Waals surface area (Å²) in [7, 11) is -3.29. The number of para-hydroxylation sites is 1. The van der Waals surface area contributed by atoms with Crippen LogP contribution in [0.2, 0.25) is 0 Å². The molecule has 0 aliphatic carbocycles. The van der Waals surface area contributed by atoms with E-state index in [9.17, 15) is 13.2 Å². The van der Waals surface area contributed by atoms with Gasteiger partial charge in [-0.05, 0) is 46.3 Å². The molecule has 2 aromatic carbocycles. The van der Waals surface area contributed by atoms with Crippen molar-refractivity contribution in [3.8, 4) is 0 Å². The number of hydrogen-bond acceptors (Lipinski definition) is 3. The van der Waals surface area contributed by atoms with Gasteiger partial charge in [-0.15, -0.1) is 0 Å². The van der Waals surface area contributed by atoms with E-state index < -0.39 is 9.84 Å². The highest BCUT2D eigenvalue weighted by Crippen LogP contribution is 2.22. The maximum absolute atomic E-state index is 12.1. The van der Waals surface area contributed by atoms with Crippen LogP contribution in [-0.2, 0) is 9.84 Å². The molecule has 0 atom stereocenters. The Morgan fingerprint density at radius 2 is 1.75 bits per heavy atom. The molecule has 2 rings (SSSR count). The topological polar surface area (TPSA) is 63.2 Å². The molecule has 0 spiro atoms. The molecule has 6 heteroatoms. The molecular weight excluding hydrogens is 342 g/mol. The van der Waals surface area contributed by atoms with Crippen LogP contribution in [0.25, 0.3) is 0 Å². The minimum absolute atomic E-state index is 0.167. The lowest BCUT2D eigenvalue weighted by Gasteiger charge is -2.08. The van der Waals surface area contributed by atoms with E-state index in [0.717, 1.165) is 6.26 Å². The van der Waals surface area contributed by atoms with Gasteiger partial charge in [-0.1, -0.05) is 18.2 Å². The van der Waals surface area contributed by atoms with E-state index >= 15 is 0 Å². The number of halogens is 1. The molecule has 0 aliphatic heterocycles. The minimum atomic E-state index is -3.29. The van der Waals surface area contributed by atoms with Crippen LogP contribution in [0.4, 0.5) is 5.69 Å². The maximum Gasteiger partial charge on any atom is 0.256 e. The summed E-state index contributed by atoms with van der Waals surface area (Å²) in [6.45, 7) is 0. The van der Waals surface area contributed by atoms with Crippen LogP contribution in [0.15, 0.2) is 57.9 Å². The van der Waals surface area contributed by atoms with Crippen LogP contribution in [0.5, 0.6) is 0 Å². The zero-order valence-corrected chi connectivity index (χ0v) is 13.0. The fourth-order valence-electron chi connectivity index (χ4n) is 1.63. The molecule has 1 amide bonds. The number of anilines is 1. The summed E-state index contributed by atoms with van der Waals surface area (Å²) in [5, 5.41) is 2.74. The van der Waals surface area contributed by atoms with Crippen molar-refractivity contribution in [2.24, 2.45) is 0 Å². The van der Waals surface area contributed by atoms with Gasteiger partial charge in [0.2, 0.25) is 0 Å². The highest BCUT2D eigenvalue weighted by atomic mass is 79.9. The number of amides is 1. The van der Waals surface area contributed by atoms with Gasteiger partial charge >= 0.3 is 0 Å². The first-order valence-electron chi connectivity index (χ1n) is 5.74. The number of sulfone groups is 1. The van der Waals surface area contributed by atoms with E-state index in [1.54, 1.807) is 12.1 Å². The van der Waals surface area contributed by atoms with Gasteiger partial charge in [0.25, 0.3) is 5.91 Å². The Bertz CT molecular complexity index is 742. The van der Waals surface area contributed by atoms with Crippen molar-refractivity contribution in [2.45, 2.75) is 4.90 Å². The number of carbonyl (C=O) groups is 1. The SMILES string of the molecule is CS(=O)(=O)c1ccc(C(=O)Nc2ccccc2)c(Br)c1. The Morgan fingerprint density at radius 3 is 2.30 bits per heavy atom. The van der Waals surface area contributed by atoms with Crippen LogP contribution >= 0.6 is 15.9 Å². The predicted octanol–water partition coefficient (Wildman–Crippen LogP) is 3.10. The van der Waals surface area contributed by atoms with E-state index in [1.807, 2.05) is 18.2 Å². The summed E-state index contributed by atoms with van der Waals surface area (Å²) in [6, 6.07) is 13.4. The third-order valence-electron chi connectivity index (χ3n) is 2.64. The average Bonchev–Trinajstić information content (AvgIpc) is 2.38. The molecule has 0 radical (unpaired) electrons. The monoisotopic (exact) mass is 353 g/mol. The Morgan fingerprint density at radius 1 is 1.10 bits per heavy atom. The summed E-state index contributed by atoms with van der Waals surface area (Å²) in [6.07, 6.45) is 1.12. The third-order valence-corrected chi connectivity index (χ3v) is 4.41. The Hall–Kier alpha value is -1.66. The Kier molecular flexibility index (Phi) is 4.25. The van der Waals surface area contributed by atoms with Crippen molar-refractivity contribution in [3.05, 3.63) is 58.6 Å². The first kappa shape index (κ1) is 14.7. The van der Waals surface area contributed by atoms with Crippen molar-refractivity contribution < 1.29 is 13.2 Å². The minimum Gasteiger partial charge on any atom is -0.322 e. The quantitative estimate of drug-likeness (QED) is 0.921. The normalized spacial score (nSPS) is 11.1. The van der Waals surface area contributed by atoms with Gasteiger partial charge in [0, 0.05) is 16.4 Å². The Balaban J connectivity index is 2.28. The lowest BCUT2D eigenvalue weighted by atomic mass is 10.2. The lowest BCUT2D eigenvalue weighted by molar-refractivity contribution is 0.102. The van der Waals surface area contributed by atoms with E-state index in [1.165, 1.54) is 18.2 Å². The molecule has 0 heterocycles. The number of carbonyl (C=O) groups excluding carboxylic acids is 1. The maximum atomic E-state index is 12.1. The van der Waals surface area contributed by atoms with E-state index in [4.69, 9.17) is 0 Å². The fraction of sp³-hybridized carbons (Fsp3) is 0.0714. The highest BCUT2D eigenvalue weighted by Gasteiger charge is 2.14. The largest absolute Gasteiger partial charge is 0.322 e. The lowest BCUT2D eigenvalue weighted by Crippen LogP contribution is -2.13. The first-order valence-corrected chi connectivity index (χ1v) is 8.42. The van der Waals surface area contributed by atoms with Gasteiger partial charge < -0.3 is 5.32 Å². The molecular formula is C14H12BrNO3S. The third kappa shape index (κ3) is 3.46. The van der Waals surface area contributed by atoms with Gasteiger partial charge in [-0.2, -0.15) is 0 Å². The zero-order chi connectivity index (χ0) is 14.8. The molecule has 0 aliphatic rings. The van der Waals surface area contributed by atoms with Crippen molar-refractivity contribution in [3.63, 3.8) is 0 Å². The van der Waals surface area contributed by atoms with Crippen LogP contribution in [-0.4, -0.2) is 20.6 Å². The van der Waals surface area contributed by atoms with Crippen LogP contribution < -0.4 is 5.32 Å². The van der Waals surface area contributed by atoms with Crippen LogP contribution in [0.1, 0.15) is 10.4 Å². The molecule has 0 saturated heterocycles. The van der Waals surface area contributed by atoms with Crippen LogP contribution in [0, 0.1) is 0 Å². The van der Waals surface area contributed by atoms with E-state index in [0.29, 0.717) is 15.7 Å². The predicted molar refractivity (Wildman–Crippen MR) is 81.6 cm³/mol. The molecule has 4 nitrogen and oxygen atoms in total. The molecule has 104 valence electrons. The van der Waals surface area contributed by atoms with Gasteiger partial charge in [0.15, 0.2) is 9.84 Å². The highest BCUT2D eigenvalue weighted by molar-refractivity contribution is 9.10. The van der Waals surface area contributed by atoms with Crippen molar-refractivity contribution in [2.75, 3.05) is 11.6 Å². The van der Waals surface area contributed by atoms with E-state index in [-0.39, 0.29) is 10.8 Å². The summed E-state index contributed by atoms with van der Waals surface area (Å²) in [5.74, 6) is -0.303.